The molecule has 3 heteroatoms. The van der Waals surface area contributed by atoms with Crippen molar-refractivity contribution in [3.8, 4) is 0 Å². The van der Waals surface area contributed by atoms with Crippen molar-refractivity contribution in [1.82, 2.24) is 9.80 Å². The van der Waals surface area contributed by atoms with E-state index in [0.717, 1.165) is 31.2 Å². The summed E-state index contributed by atoms with van der Waals surface area (Å²) in [5.41, 5.74) is 2.50. The minimum Gasteiger partial charge on any atom is -0.332 e. The van der Waals surface area contributed by atoms with Crippen molar-refractivity contribution in [2.24, 2.45) is 4.99 Å². The molecule has 0 unspecified atom stereocenters. The highest BCUT2D eigenvalue weighted by molar-refractivity contribution is 5.81. The van der Waals surface area contributed by atoms with Crippen molar-refractivity contribution in [1.29, 1.82) is 0 Å². The van der Waals surface area contributed by atoms with E-state index in [1.54, 1.807) is 0 Å². The first-order valence-corrected chi connectivity index (χ1v) is 7.76. The number of aliphatic imine (C=N–C) groups is 1. The maximum Gasteiger partial charge on any atom is 0.0998 e. The molecule has 1 aromatic rings. The van der Waals surface area contributed by atoms with Gasteiger partial charge in [-0.1, -0.05) is 36.9 Å². The molecule has 2 rings (SSSR count). The third-order valence-corrected chi connectivity index (χ3v) is 4.25. The highest BCUT2D eigenvalue weighted by Gasteiger charge is 2.25. The molecule has 21 heavy (non-hydrogen) atoms. The van der Waals surface area contributed by atoms with E-state index in [1.165, 1.54) is 18.4 Å². The zero-order chi connectivity index (χ0) is 15.2. The number of benzene rings is 1. The maximum atomic E-state index is 4.34. The predicted octanol–water partition coefficient (Wildman–Crippen LogP) is 3.53. The molecule has 1 fully saturated rings. The summed E-state index contributed by atoms with van der Waals surface area (Å²) < 4.78 is 0. The molecule has 1 aliphatic heterocycles. The average molecular weight is 285 g/mol. The molecule has 0 N–H and O–H groups in total. The molecule has 3 nitrogen and oxygen atoms in total. The predicted molar refractivity (Wildman–Crippen MR) is 90.4 cm³/mol. The van der Waals surface area contributed by atoms with Crippen molar-refractivity contribution in [2.75, 3.05) is 20.1 Å². The Kier molecular flexibility index (Phi) is 5.57. The van der Waals surface area contributed by atoms with Gasteiger partial charge in [-0.15, -0.1) is 0 Å². The monoisotopic (exact) mass is 285 g/mol. The lowest BCUT2D eigenvalue weighted by Crippen LogP contribution is -2.45. The van der Waals surface area contributed by atoms with Crippen LogP contribution >= 0.6 is 0 Å². The van der Waals surface area contributed by atoms with E-state index in [2.05, 4.69) is 65.6 Å². The fraction of sp³-hybridized carbons (Fsp3) is 0.500. The van der Waals surface area contributed by atoms with Crippen molar-refractivity contribution >= 4 is 5.84 Å². The van der Waals surface area contributed by atoms with Gasteiger partial charge >= 0.3 is 0 Å². The van der Waals surface area contributed by atoms with Crippen molar-refractivity contribution in [2.45, 2.75) is 39.3 Å². The van der Waals surface area contributed by atoms with Gasteiger partial charge in [0.2, 0.25) is 0 Å². The lowest BCUT2D eigenvalue weighted by Gasteiger charge is -2.39. The van der Waals surface area contributed by atoms with Crippen LogP contribution in [0.1, 0.15) is 32.3 Å². The Morgan fingerprint density at radius 3 is 2.38 bits per heavy atom. The molecule has 1 aliphatic rings. The number of piperidine rings is 1. The van der Waals surface area contributed by atoms with Gasteiger partial charge in [-0.25, -0.2) is 0 Å². The molecule has 1 aromatic carbocycles. The standard InChI is InChI=1S/C18H27N3/c1-15(2)21(16(3)19-4)18-10-12-20(13-11-18)14-17-8-6-5-7-9-17/h5-9,18H,1,10-14H2,2-4H3. The van der Waals surface area contributed by atoms with E-state index in [-0.39, 0.29) is 0 Å². The molecule has 0 spiro atoms. The van der Waals surface area contributed by atoms with Crippen LogP contribution in [-0.4, -0.2) is 41.8 Å². The first kappa shape index (κ1) is 15.8. The van der Waals surface area contributed by atoms with E-state index >= 15 is 0 Å². The van der Waals surface area contributed by atoms with Crippen molar-refractivity contribution < 1.29 is 0 Å². The SMILES string of the molecule is C=C(C)N(C(C)=NC)C1CCN(Cc2ccccc2)CC1. The smallest absolute Gasteiger partial charge is 0.0998 e. The van der Waals surface area contributed by atoms with E-state index < -0.39 is 0 Å². The quantitative estimate of drug-likeness (QED) is 0.622. The zero-order valence-electron chi connectivity index (χ0n) is 13.5. The molecular weight excluding hydrogens is 258 g/mol. The number of hydrogen-bond acceptors (Lipinski definition) is 2. The largest absolute Gasteiger partial charge is 0.332 e. The molecule has 0 aromatic heterocycles. The molecule has 0 bridgehead atoms. The number of likely N-dealkylation sites (tertiary alicyclic amines) is 1. The lowest BCUT2D eigenvalue weighted by atomic mass is 10.0. The Hall–Kier alpha value is -1.61. The van der Waals surface area contributed by atoms with Crippen LogP contribution in [0.5, 0.6) is 0 Å². The summed E-state index contributed by atoms with van der Waals surface area (Å²) in [6, 6.07) is 11.3. The normalized spacial score (nSPS) is 17.8. The number of rotatable bonds is 4. The second kappa shape index (κ2) is 7.41. The van der Waals surface area contributed by atoms with Crippen LogP contribution in [0.4, 0.5) is 0 Å². The van der Waals surface area contributed by atoms with Crippen LogP contribution in [0.3, 0.4) is 0 Å². The van der Waals surface area contributed by atoms with Gasteiger partial charge in [-0.3, -0.25) is 9.89 Å². The summed E-state index contributed by atoms with van der Waals surface area (Å²) in [5, 5.41) is 0. The van der Waals surface area contributed by atoms with Crippen LogP contribution in [0, 0.1) is 0 Å². The molecule has 0 amide bonds. The Bertz CT molecular complexity index is 484. The molecule has 0 atom stereocenters. The first-order valence-electron chi connectivity index (χ1n) is 7.76. The van der Waals surface area contributed by atoms with Gasteiger partial charge in [0.1, 0.15) is 0 Å². The fourth-order valence-corrected chi connectivity index (χ4v) is 3.14. The third-order valence-electron chi connectivity index (χ3n) is 4.25. The minimum atomic E-state index is 0.540. The minimum absolute atomic E-state index is 0.540. The number of hydrogen-bond donors (Lipinski definition) is 0. The Balaban J connectivity index is 1.92. The first-order chi connectivity index (χ1) is 10.1. The fourth-order valence-electron chi connectivity index (χ4n) is 3.14. The molecule has 0 saturated carbocycles. The molecule has 0 aliphatic carbocycles. The van der Waals surface area contributed by atoms with Gasteiger partial charge in [0.25, 0.3) is 0 Å². The topological polar surface area (TPSA) is 18.8 Å². The maximum absolute atomic E-state index is 4.34. The number of nitrogens with zero attached hydrogens (tertiary/aromatic N) is 3. The van der Waals surface area contributed by atoms with Crippen LogP contribution < -0.4 is 0 Å². The van der Waals surface area contributed by atoms with E-state index in [1.807, 2.05) is 7.05 Å². The summed E-state index contributed by atoms with van der Waals surface area (Å²) in [4.78, 5) is 9.19. The van der Waals surface area contributed by atoms with Gasteiger partial charge in [-0.05, 0) is 32.3 Å². The Morgan fingerprint density at radius 2 is 1.86 bits per heavy atom. The molecular formula is C18H27N3. The van der Waals surface area contributed by atoms with Gasteiger partial charge < -0.3 is 4.90 Å². The van der Waals surface area contributed by atoms with Crippen LogP contribution in [0.25, 0.3) is 0 Å². The zero-order valence-corrected chi connectivity index (χ0v) is 13.5. The summed E-state index contributed by atoms with van der Waals surface area (Å²) in [6.07, 6.45) is 2.35. The van der Waals surface area contributed by atoms with Crippen molar-refractivity contribution in [3.05, 3.63) is 48.2 Å². The third kappa shape index (κ3) is 4.18. The summed E-state index contributed by atoms with van der Waals surface area (Å²) >= 11 is 0. The van der Waals surface area contributed by atoms with Gasteiger partial charge in [-0.2, -0.15) is 0 Å². The van der Waals surface area contributed by atoms with Crippen LogP contribution in [0.2, 0.25) is 0 Å². The molecule has 1 saturated heterocycles. The average Bonchev–Trinajstić information content (AvgIpc) is 2.49. The lowest BCUT2D eigenvalue weighted by molar-refractivity contribution is 0.162. The highest BCUT2D eigenvalue weighted by Crippen LogP contribution is 2.21. The van der Waals surface area contributed by atoms with Gasteiger partial charge in [0, 0.05) is 38.4 Å². The van der Waals surface area contributed by atoms with Crippen LogP contribution in [-0.2, 0) is 6.54 Å². The summed E-state index contributed by atoms with van der Waals surface area (Å²) in [7, 11) is 1.86. The molecule has 114 valence electrons. The highest BCUT2D eigenvalue weighted by atomic mass is 15.2. The molecule has 1 heterocycles. The van der Waals surface area contributed by atoms with E-state index in [4.69, 9.17) is 0 Å². The Morgan fingerprint density at radius 1 is 1.24 bits per heavy atom. The van der Waals surface area contributed by atoms with E-state index in [0.29, 0.717) is 6.04 Å². The summed E-state index contributed by atoms with van der Waals surface area (Å²) in [5.74, 6) is 1.07. The van der Waals surface area contributed by atoms with Crippen molar-refractivity contribution in [3.63, 3.8) is 0 Å². The second-order valence-corrected chi connectivity index (χ2v) is 5.87. The molecule has 0 radical (unpaired) electrons. The Labute approximate surface area is 129 Å². The van der Waals surface area contributed by atoms with Crippen LogP contribution in [0.15, 0.2) is 47.6 Å². The summed E-state index contributed by atoms with van der Waals surface area (Å²) in [6.45, 7) is 11.6. The number of allylic oxidation sites excluding steroid dienone is 1. The number of amidine groups is 1. The van der Waals surface area contributed by atoms with Gasteiger partial charge in [0.15, 0.2) is 0 Å². The van der Waals surface area contributed by atoms with Gasteiger partial charge in [0.05, 0.1) is 5.84 Å². The second-order valence-electron chi connectivity index (χ2n) is 5.87. The van der Waals surface area contributed by atoms with E-state index in [9.17, 15) is 0 Å².